The predicted molar refractivity (Wildman–Crippen MR) is 64.4 cm³/mol. The molecule has 0 radical (unpaired) electrons. The molecule has 0 saturated carbocycles. The van der Waals surface area contributed by atoms with Gasteiger partial charge in [0.2, 0.25) is 5.91 Å². The summed E-state index contributed by atoms with van der Waals surface area (Å²) in [7, 11) is 0. The van der Waals surface area contributed by atoms with Crippen LogP contribution in [0.4, 0.5) is 8.78 Å². The summed E-state index contributed by atoms with van der Waals surface area (Å²) in [6.45, 7) is 0.539. The van der Waals surface area contributed by atoms with E-state index in [1.165, 1.54) is 12.1 Å². The summed E-state index contributed by atoms with van der Waals surface area (Å²) >= 11 is 0. The Bertz CT molecular complexity index is 433. The van der Waals surface area contributed by atoms with Crippen LogP contribution in [0.3, 0.4) is 0 Å². The van der Waals surface area contributed by atoms with Crippen molar-refractivity contribution in [3.63, 3.8) is 0 Å². The van der Waals surface area contributed by atoms with E-state index in [1.807, 2.05) is 0 Å². The maximum Gasteiger partial charge on any atom is 0.387 e. The Morgan fingerprint density at radius 2 is 2.06 bits per heavy atom. The fourth-order valence-corrected chi connectivity index (χ4v) is 1.53. The molecular weight excluding hydrogens is 240 g/mol. The lowest BCUT2D eigenvalue weighted by Crippen LogP contribution is -2.25. The molecule has 1 aromatic rings. The van der Waals surface area contributed by atoms with E-state index in [2.05, 4.69) is 10.1 Å². The van der Waals surface area contributed by atoms with Crippen LogP contribution in [-0.2, 0) is 4.79 Å². The van der Waals surface area contributed by atoms with E-state index in [-0.39, 0.29) is 11.7 Å². The molecule has 0 heterocycles. The van der Waals surface area contributed by atoms with Crippen molar-refractivity contribution >= 4 is 5.91 Å². The lowest BCUT2D eigenvalue weighted by molar-refractivity contribution is -0.117. The van der Waals surface area contributed by atoms with E-state index < -0.39 is 12.7 Å². The lowest BCUT2D eigenvalue weighted by atomic mass is 10.1. The van der Waals surface area contributed by atoms with Crippen molar-refractivity contribution in [1.82, 2.24) is 5.32 Å². The van der Waals surface area contributed by atoms with Crippen molar-refractivity contribution in [3.8, 4) is 5.75 Å². The molecule has 1 N–H and O–H groups in total. The highest BCUT2D eigenvalue weighted by Crippen LogP contribution is 2.26. The first-order valence-corrected chi connectivity index (χ1v) is 5.51. The van der Waals surface area contributed by atoms with Gasteiger partial charge in [-0.3, -0.25) is 4.79 Å². The van der Waals surface area contributed by atoms with Crippen LogP contribution in [0, 0.1) is 0 Å². The second-order valence-electron chi connectivity index (χ2n) is 3.65. The molecule has 0 aromatic heterocycles. The van der Waals surface area contributed by atoms with Crippen LogP contribution in [0.1, 0.15) is 25.5 Å². The first kappa shape index (κ1) is 14.2. The maximum atomic E-state index is 12.2. The van der Waals surface area contributed by atoms with Crippen LogP contribution in [0.25, 0.3) is 0 Å². The number of para-hydroxylation sites is 1. The van der Waals surface area contributed by atoms with E-state index in [1.54, 1.807) is 38.1 Å². The molecule has 1 unspecified atom stereocenters. The molecule has 1 amide bonds. The van der Waals surface area contributed by atoms with Crippen molar-refractivity contribution in [3.05, 3.63) is 42.0 Å². The molecule has 0 aliphatic heterocycles. The fourth-order valence-electron chi connectivity index (χ4n) is 1.53. The van der Waals surface area contributed by atoms with Crippen LogP contribution < -0.4 is 10.1 Å². The second kappa shape index (κ2) is 6.74. The number of hydrogen-bond acceptors (Lipinski definition) is 2. The number of alkyl halides is 2. The van der Waals surface area contributed by atoms with Crippen LogP contribution >= 0.6 is 0 Å². The first-order valence-electron chi connectivity index (χ1n) is 5.51. The molecule has 0 fully saturated rings. The summed E-state index contributed by atoms with van der Waals surface area (Å²) in [6, 6.07) is 5.97. The normalized spacial score (nSPS) is 12.7. The Balaban J connectivity index is 2.84. The van der Waals surface area contributed by atoms with Crippen LogP contribution in [0.15, 0.2) is 36.4 Å². The quantitative estimate of drug-likeness (QED) is 0.821. The third kappa shape index (κ3) is 4.16. The number of carbonyl (C=O) groups is 1. The average Bonchev–Trinajstić information content (AvgIpc) is 2.28. The van der Waals surface area contributed by atoms with Crippen LogP contribution in [0.2, 0.25) is 0 Å². The fraction of sp³-hybridized carbons (Fsp3) is 0.308. The lowest BCUT2D eigenvalue weighted by Gasteiger charge is -2.17. The van der Waals surface area contributed by atoms with E-state index in [0.29, 0.717) is 5.56 Å². The molecule has 0 spiro atoms. The van der Waals surface area contributed by atoms with Gasteiger partial charge in [-0.15, -0.1) is 0 Å². The SMILES string of the molecule is CC=CC(=O)NC(C)c1ccccc1OC(F)F. The highest BCUT2D eigenvalue weighted by molar-refractivity contribution is 5.87. The van der Waals surface area contributed by atoms with Crippen molar-refractivity contribution in [1.29, 1.82) is 0 Å². The molecule has 1 rings (SSSR count). The highest BCUT2D eigenvalue weighted by Gasteiger charge is 2.15. The van der Waals surface area contributed by atoms with Gasteiger partial charge < -0.3 is 10.1 Å². The van der Waals surface area contributed by atoms with Gasteiger partial charge in [0.25, 0.3) is 0 Å². The van der Waals surface area contributed by atoms with Crippen molar-refractivity contribution in [2.75, 3.05) is 0 Å². The molecule has 18 heavy (non-hydrogen) atoms. The van der Waals surface area contributed by atoms with Crippen LogP contribution in [0.5, 0.6) is 5.75 Å². The van der Waals surface area contributed by atoms with Gasteiger partial charge in [-0.05, 0) is 26.0 Å². The summed E-state index contributed by atoms with van der Waals surface area (Å²) in [4.78, 5) is 11.4. The number of carbonyl (C=O) groups excluding carboxylic acids is 1. The van der Waals surface area contributed by atoms with Crippen molar-refractivity contribution in [2.24, 2.45) is 0 Å². The predicted octanol–water partition coefficient (Wildman–Crippen LogP) is 3.04. The Morgan fingerprint density at radius 3 is 2.67 bits per heavy atom. The minimum Gasteiger partial charge on any atom is -0.434 e. The standard InChI is InChI=1S/C13H15F2NO2/c1-3-6-12(17)16-9(2)10-7-4-5-8-11(10)18-13(14)15/h3-9,13H,1-2H3,(H,16,17). The van der Waals surface area contributed by atoms with Gasteiger partial charge in [-0.2, -0.15) is 8.78 Å². The van der Waals surface area contributed by atoms with Gasteiger partial charge in [0.05, 0.1) is 6.04 Å². The van der Waals surface area contributed by atoms with Gasteiger partial charge >= 0.3 is 6.61 Å². The smallest absolute Gasteiger partial charge is 0.387 e. The largest absolute Gasteiger partial charge is 0.434 e. The monoisotopic (exact) mass is 255 g/mol. The molecule has 1 atom stereocenters. The molecular formula is C13H15F2NO2. The number of rotatable bonds is 5. The summed E-state index contributed by atoms with van der Waals surface area (Å²) in [6.07, 6.45) is 2.97. The highest BCUT2D eigenvalue weighted by atomic mass is 19.3. The number of nitrogens with one attached hydrogen (secondary N) is 1. The molecule has 0 aliphatic rings. The molecule has 0 aliphatic carbocycles. The van der Waals surface area contributed by atoms with Crippen molar-refractivity contribution in [2.45, 2.75) is 26.5 Å². The average molecular weight is 255 g/mol. The van der Waals surface area contributed by atoms with Crippen LogP contribution in [-0.4, -0.2) is 12.5 Å². The van der Waals surface area contributed by atoms with Gasteiger partial charge in [-0.1, -0.05) is 24.3 Å². The molecule has 0 saturated heterocycles. The Labute approximate surface area is 104 Å². The summed E-state index contributed by atoms with van der Waals surface area (Å²) in [5.74, 6) is -0.211. The Kier molecular flexibility index (Phi) is 5.30. The van der Waals surface area contributed by atoms with E-state index in [4.69, 9.17) is 0 Å². The molecule has 5 heteroatoms. The number of halogens is 2. The molecule has 0 bridgehead atoms. The zero-order chi connectivity index (χ0) is 13.5. The first-order chi connectivity index (χ1) is 8.54. The summed E-state index contributed by atoms with van der Waals surface area (Å²) in [5, 5.41) is 2.66. The maximum absolute atomic E-state index is 12.2. The number of benzene rings is 1. The number of hydrogen-bond donors (Lipinski definition) is 1. The van der Waals surface area contributed by atoms with E-state index in [0.717, 1.165) is 0 Å². The van der Waals surface area contributed by atoms with Gasteiger partial charge in [0.15, 0.2) is 0 Å². The topological polar surface area (TPSA) is 38.3 Å². The molecule has 1 aromatic carbocycles. The number of amides is 1. The minimum absolute atomic E-state index is 0.0702. The number of allylic oxidation sites excluding steroid dienone is 1. The van der Waals surface area contributed by atoms with Gasteiger partial charge in [0.1, 0.15) is 5.75 Å². The zero-order valence-corrected chi connectivity index (χ0v) is 10.2. The number of ether oxygens (including phenoxy) is 1. The zero-order valence-electron chi connectivity index (χ0n) is 10.2. The molecule has 98 valence electrons. The Hall–Kier alpha value is -1.91. The third-order valence-electron chi connectivity index (χ3n) is 2.28. The Morgan fingerprint density at radius 1 is 1.39 bits per heavy atom. The van der Waals surface area contributed by atoms with E-state index in [9.17, 15) is 13.6 Å². The third-order valence-corrected chi connectivity index (χ3v) is 2.28. The van der Waals surface area contributed by atoms with E-state index >= 15 is 0 Å². The molecule has 3 nitrogen and oxygen atoms in total. The summed E-state index contributed by atoms with van der Waals surface area (Å²) in [5.41, 5.74) is 0.510. The summed E-state index contributed by atoms with van der Waals surface area (Å²) < 4.78 is 28.9. The van der Waals surface area contributed by atoms with Gasteiger partial charge in [0, 0.05) is 5.56 Å². The second-order valence-corrected chi connectivity index (χ2v) is 3.65. The minimum atomic E-state index is -2.88. The van der Waals surface area contributed by atoms with Gasteiger partial charge in [-0.25, -0.2) is 0 Å². The van der Waals surface area contributed by atoms with Crippen molar-refractivity contribution < 1.29 is 18.3 Å².